The molecule has 0 amide bonds. The molecule has 2 rings (SSSR count). The molecule has 2 aromatic rings. The number of unbranched alkanes of at least 4 members (excludes halogenated alkanes) is 2. The maximum absolute atomic E-state index is 12.9. The van der Waals surface area contributed by atoms with Gasteiger partial charge in [-0.2, -0.15) is 0 Å². The minimum absolute atomic E-state index is 0.213. The summed E-state index contributed by atoms with van der Waals surface area (Å²) in [6, 6.07) is 16.2. The Bertz CT molecular complexity index is 834. The molecule has 146 valence electrons. The molecule has 0 saturated heterocycles. The third-order valence-electron chi connectivity index (χ3n) is 4.48. The van der Waals surface area contributed by atoms with Crippen LogP contribution in [0.4, 0.5) is 0 Å². The van der Waals surface area contributed by atoms with Crippen molar-refractivity contribution in [3.8, 4) is 0 Å². The molecule has 1 N–H and O–H groups in total. The number of aryl methyl sites for hydroxylation is 1. The fourth-order valence-electron chi connectivity index (χ4n) is 2.98. The van der Waals surface area contributed by atoms with E-state index in [1.54, 1.807) is 25.1 Å². The van der Waals surface area contributed by atoms with Gasteiger partial charge in [0.2, 0.25) is 10.0 Å². The highest BCUT2D eigenvalue weighted by molar-refractivity contribution is 7.89. The van der Waals surface area contributed by atoms with Crippen LogP contribution in [0.15, 0.2) is 59.5 Å². The summed E-state index contributed by atoms with van der Waals surface area (Å²) < 4.78 is 33.3. The van der Waals surface area contributed by atoms with Crippen LogP contribution in [0.5, 0.6) is 0 Å². The second-order valence-corrected chi connectivity index (χ2v) is 8.21. The Hall–Kier alpha value is -2.18. The van der Waals surface area contributed by atoms with Crippen LogP contribution >= 0.6 is 0 Å². The molecule has 0 aliphatic heterocycles. The number of nitrogens with one attached hydrogen (secondary N) is 1. The van der Waals surface area contributed by atoms with E-state index in [2.05, 4.69) is 9.46 Å². The van der Waals surface area contributed by atoms with E-state index in [1.807, 2.05) is 36.4 Å². The number of carbonyl (C=O) groups excluding carboxylic acids is 1. The second kappa shape index (κ2) is 10.2. The zero-order valence-corrected chi connectivity index (χ0v) is 16.7. The first-order chi connectivity index (χ1) is 12.9. The monoisotopic (exact) mass is 389 g/mol. The van der Waals surface area contributed by atoms with E-state index < -0.39 is 10.0 Å². The van der Waals surface area contributed by atoms with Crippen molar-refractivity contribution in [2.45, 2.75) is 50.0 Å². The molecular formula is C21H27NO4S. The van der Waals surface area contributed by atoms with Gasteiger partial charge in [-0.15, -0.1) is 0 Å². The topological polar surface area (TPSA) is 72.5 Å². The number of hydrogen-bond donors (Lipinski definition) is 1. The third kappa shape index (κ3) is 6.48. The Morgan fingerprint density at radius 2 is 1.67 bits per heavy atom. The highest BCUT2D eigenvalue weighted by Gasteiger charge is 2.22. The minimum atomic E-state index is -3.62. The first-order valence-electron chi connectivity index (χ1n) is 9.14. The maximum Gasteiger partial charge on any atom is 0.305 e. The van der Waals surface area contributed by atoms with E-state index in [-0.39, 0.29) is 12.0 Å². The molecule has 0 heterocycles. The van der Waals surface area contributed by atoms with Gasteiger partial charge in [0.1, 0.15) is 0 Å². The molecular weight excluding hydrogens is 362 g/mol. The van der Waals surface area contributed by atoms with Gasteiger partial charge in [-0.1, -0.05) is 61.4 Å². The summed E-state index contributed by atoms with van der Waals surface area (Å²) in [5.41, 5.74) is 1.65. The molecule has 0 aliphatic carbocycles. The lowest BCUT2D eigenvalue weighted by molar-refractivity contribution is -0.140. The summed E-state index contributed by atoms with van der Waals surface area (Å²) in [6.07, 6.45) is 3.44. The van der Waals surface area contributed by atoms with Crippen molar-refractivity contribution in [3.05, 3.63) is 65.7 Å². The van der Waals surface area contributed by atoms with Gasteiger partial charge in [-0.3, -0.25) is 4.79 Å². The quantitative estimate of drug-likeness (QED) is 0.490. The fraction of sp³-hybridized carbons (Fsp3) is 0.381. The van der Waals surface area contributed by atoms with Crippen molar-refractivity contribution in [2.24, 2.45) is 0 Å². The van der Waals surface area contributed by atoms with Gasteiger partial charge in [0, 0.05) is 12.5 Å². The molecule has 0 spiro atoms. The average Bonchev–Trinajstić information content (AvgIpc) is 2.67. The highest BCUT2D eigenvalue weighted by Crippen LogP contribution is 2.24. The summed E-state index contributed by atoms with van der Waals surface area (Å²) in [6.45, 7) is 1.79. The Morgan fingerprint density at radius 1 is 1.00 bits per heavy atom. The zero-order valence-electron chi connectivity index (χ0n) is 15.9. The number of rotatable bonds is 10. The molecule has 0 bridgehead atoms. The fourth-order valence-corrected chi connectivity index (χ4v) is 4.49. The van der Waals surface area contributed by atoms with Gasteiger partial charge in [-0.05, 0) is 37.0 Å². The molecule has 5 nitrogen and oxygen atoms in total. The number of methoxy groups -OCH3 is 1. The van der Waals surface area contributed by atoms with Crippen LogP contribution in [-0.2, 0) is 19.6 Å². The van der Waals surface area contributed by atoms with Gasteiger partial charge in [0.25, 0.3) is 0 Å². The summed E-state index contributed by atoms with van der Waals surface area (Å²) in [5.74, 6) is -0.213. The van der Waals surface area contributed by atoms with E-state index in [9.17, 15) is 13.2 Å². The third-order valence-corrected chi connectivity index (χ3v) is 6.12. The molecule has 6 heteroatoms. The van der Waals surface area contributed by atoms with Crippen molar-refractivity contribution >= 4 is 16.0 Å². The Balaban J connectivity index is 2.07. The van der Waals surface area contributed by atoms with Crippen molar-refractivity contribution in [1.29, 1.82) is 0 Å². The number of esters is 1. The molecule has 27 heavy (non-hydrogen) atoms. The van der Waals surface area contributed by atoms with Crippen molar-refractivity contribution < 1.29 is 17.9 Å². The maximum atomic E-state index is 12.9. The molecule has 2 aromatic carbocycles. The van der Waals surface area contributed by atoms with Crippen LogP contribution in [-0.4, -0.2) is 21.5 Å². The minimum Gasteiger partial charge on any atom is -0.469 e. The predicted molar refractivity (Wildman–Crippen MR) is 106 cm³/mol. The van der Waals surface area contributed by atoms with E-state index in [1.165, 1.54) is 7.11 Å². The lowest BCUT2D eigenvalue weighted by Crippen LogP contribution is -2.29. The van der Waals surface area contributed by atoms with Crippen molar-refractivity contribution in [1.82, 2.24) is 4.72 Å². The van der Waals surface area contributed by atoms with E-state index in [0.717, 1.165) is 30.4 Å². The summed E-state index contributed by atoms with van der Waals surface area (Å²) >= 11 is 0. The van der Waals surface area contributed by atoms with Crippen LogP contribution in [0.2, 0.25) is 0 Å². The Morgan fingerprint density at radius 3 is 2.33 bits per heavy atom. The van der Waals surface area contributed by atoms with Gasteiger partial charge in [0.15, 0.2) is 0 Å². The van der Waals surface area contributed by atoms with Gasteiger partial charge in [0.05, 0.1) is 12.0 Å². The van der Waals surface area contributed by atoms with Crippen LogP contribution in [0.1, 0.15) is 49.3 Å². The second-order valence-electron chi connectivity index (χ2n) is 6.53. The van der Waals surface area contributed by atoms with Crippen molar-refractivity contribution in [3.63, 3.8) is 0 Å². The van der Waals surface area contributed by atoms with Crippen LogP contribution < -0.4 is 4.72 Å². The number of carbonyl (C=O) groups is 1. The average molecular weight is 390 g/mol. The molecule has 0 aliphatic rings. The number of ether oxygens (including phenoxy) is 1. The first-order valence-corrected chi connectivity index (χ1v) is 10.6. The largest absolute Gasteiger partial charge is 0.469 e. The number of sulfonamides is 1. The standard InChI is InChI=1S/C21H27NO4S/c1-17-11-9-10-15-20(17)27(24,25)22-19(18-12-5-3-6-13-18)14-7-4-8-16-21(23)26-2/h3,5-6,9-13,15,19,22H,4,7-8,14,16H2,1-2H3. The van der Waals surface area contributed by atoms with Crippen molar-refractivity contribution in [2.75, 3.05) is 7.11 Å². The van der Waals surface area contributed by atoms with Gasteiger partial charge < -0.3 is 4.74 Å². The molecule has 1 atom stereocenters. The SMILES string of the molecule is COC(=O)CCCCCC(NS(=O)(=O)c1ccccc1C)c1ccccc1. The highest BCUT2D eigenvalue weighted by atomic mass is 32.2. The van der Waals surface area contributed by atoms with Crippen LogP contribution in [0.3, 0.4) is 0 Å². The molecule has 0 saturated carbocycles. The lowest BCUT2D eigenvalue weighted by Gasteiger charge is -2.20. The summed E-state index contributed by atoms with van der Waals surface area (Å²) in [4.78, 5) is 11.5. The predicted octanol–water partition coefficient (Wildman–Crippen LogP) is 4.14. The van der Waals surface area contributed by atoms with E-state index in [4.69, 9.17) is 0 Å². The molecule has 0 radical (unpaired) electrons. The molecule has 1 unspecified atom stereocenters. The Kier molecular flexibility index (Phi) is 8.00. The molecule has 0 fully saturated rings. The summed E-state index contributed by atoms with van der Waals surface area (Å²) in [5, 5.41) is 0. The normalized spacial score (nSPS) is 12.5. The van der Waals surface area contributed by atoms with E-state index in [0.29, 0.717) is 17.7 Å². The lowest BCUT2D eigenvalue weighted by atomic mass is 10.0. The van der Waals surface area contributed by atoms with Crippen LogP contribution in [0.25, 0.3) is 0 Å². The van der Waals surface area contributed by atoms with Gasteiger partial charge >= 0.3 is 5.97 Å². The van der Waals surface area contributed by atoms with E-state index >= 15 is 0 Å². The Labute approximate surface area is 161 Å². The smallest absolute Gasteiger partial charge is 0.305 e. The number of benzene rings is 2. The zero-order chi connectivity index (χ0) is 19.7. The van der Waals surface area contributed by atoms with Crippen LogP contribution in [0, 0.1) is 6.92 Å². The van der Waals surface area contributed by atoms with Gasteiger partial charge in [-0.25, -0.2) is 13.1 Å². The molecule has 0 aromatic heterocycles. The first kappa shape index (κ1) is 21.1. The number of hydrogen-bond acceptors (Lipinski definition) is 4. The summed E-state index contributed by atoms with van der Waals surface area (Å²) in [7, 11) is -2.24.